The van der Waals surface area contributed by atoms with Gasteiger partial charge in [0, 0.05) is 0 Å². The van der Waals surface area contributed by atoms with Gasteiger partial charge in [0.2, 0.25) is 0 Å². The zero-order valence-electron chi connectivity index (χ0n) is 7.75. The van der Waals surface area contributed by atoms with Crippen molar-refractivity contribution in [1.29, 1.82) is 5.26 Å². The van der Waals surface area contributed by atoms with E-state index in [1.807, 2.05) is 12.3 Å². The second-order valence-electron chi connectivity index (χ2n) is 2.61. The summed E-state index contributed by atoms with van der Waals surface area (Å²) in [5.74, 6) is 0.966. The number of halogens is 2. The molecule has 1 aromatic heterocycles. The summed E-state index contributed by atoms with van der Waals surface area (Å²) in [4.78, 5) is 8.10. The standard InChI is InChI=1S/C8H9Cl2N3S/c1-3-14(2)8-12-6(9)5(4-11)7(10)13-8/h14H,3H2,1-2H3. The Labute approximate surface area is 95.4 Å². The first-order valence-corrected chi connectivity index (χ1v) is 6.67. The van der Waals surface area contributed by atoms with Gasteiger partial charge in [0.25, 0.3) is 0 Å². The highest BCUT2D eigenvalue weighted by Crippen LogP contribution is 2.31. The van der Waals surface area contributed by atoms with Gasteiger partial charge < -0.3 is 0 Å². The maximum Gasteiger partial charge on any atom is 0.170 e. The van der Waals surface area contributed by atoms with Crippen molar-refractivity contribution in [1.82, 2.24) is 9.97 Å². The number of hydrogen-bond acceptors (Lipinski definition) is 3. The first kappa shape index (κ1) is 11.6. The molecule has 3 nitrogen and oxygen atoms in total. The summed E-state index contributed by atoms with van der Waals surface area (Å²) >= 11 is 11.6. The third kappa shape index (κ3) is 2.30. The molecule has 0 aliphatic heterocycles. The van der Waals surface area contributed by atoms with Gasteiger partial charge in [-0.05, 0) is 12.0 Å². The molecule has 6 heteroatoms. The summed E-state index contributed by atoms with van der Waals surface area (Å²) in [5, 5.41) is 9.63. The Morgan fingerprint density at radius 2 is 1.86 bits per heavy atom. The Morgan fingerprint density at radius 1 is 1.36 bits per heavy atom. The fourth-order valence-electron chi connectivity index (χ4n) is 0.802. The maximum absolute atomic E-state index is 8.69. The second kappa shape index (κ2) is 4.83. The lowest BCUT2D eigenvalue weighted by atomic mass is 10.4. The highest BCUT2D eigenvalue weighted by Gasteiger charge is 2.12. The molecule has 0 N–H and O–H groups in total. The summed E-state index contributed by atoms with van der Waals surface area (Å²) in [6, 6.07) is 1.87. The van der Waals surface area contributed by atoms with E-state index in [1.165, 1.54) is 0 Å². The topological polar surface area (TPSA) is 49.6 Å². The predicted octanol–water partition coefficient (Wildman–Crippen LogP) is 2.66. The normalized spacial score (nSPS) is 13.5. The highest BCUT2D eigenvalue weighted by atomic mass is 35.5. The van der Waals surface area contributed by atoms with Crippen molar-refractivity contribution < 1.29 is 0 Å². The zero-order valence-corrected chi connectivity index (χ0v) is 10.2. The minimum absolute atomic E-state index is 0.144. The van der Waals surface area contributed by atoms with Gasteiger partial charge in [-0.25, -0.2) is 9.97 Å². The summed E-state index contributed by atoms with van der Waals surface area (Å²) in [6.45, 7) is 2.05. The van der Waals surface area contributed by atoms with Gasteiger partial charge in [-0.3, -0.25) is 0 Å². The lowest BCUT2D eigenvalue weighted by Crippen LogP contribution is -1.97. The highest BCUT2D eigenvalue weighted by molar-refractivity contribution is 8.16. The largest absolute Gasteiger partial charge is 0.211 e. The lowest BCUT2D eigenvalue weighted by Gasteiger charge is -2.11. The monoisotopic (exact) mass is 249 g/mol. The van der Waals surface area contributed by atoms with E-state index < -0.39 is 10.9 Å². The molecule has 1 heterocycles. The van der Waals surface area contributed by atoms with Crippen LogP contribution in [0.3, 0.4) is 0 Å². The minimum Gasteiger partial charge on any atom is -0.211 e. The molecule has 1 aromatic rings. The average molecular weight is 250 g/mol. The van der Waals surface area contributed by atoms with Gasteiger partial charge in [-0.2, -0.15) is 16.2 Å². The number of nitriles is 1. The van der Waals surface area contributed by atoms with Crippen molar-refractivity contribution >= 4 is 34.1 Å². The molecule has 1 atom stereocenters. The van der Waals surface area contributed by atoms with Crippen molar-refractivity contribution in [2.45, 2.75) is 12.1 Å². The fourth-order valence-corrected chi connectivity index (χ4v) is 2.22. The molecule has 0 fully saturated rings. The van der Waals surface area contributed by atoms with E-state index in [9.17, 15) is 0 Å². The van der Waals surface area contributed by atoms with Gasteiger partial charge in [-0.1, -0.05) is 30.1 Å². The number of hydrogen-bond donors (Lipinski definition) is 1. The maximum atomic E-state index is 8.69. The van der Waals surface area contributed by atoms with Crippen molar-refractivity contribution in [3.8, 4) is 6.07 Å². The lowest BCUT2D eigenvalue weighted by molar-refractivity contribution is 0.956. The van der Waals surface area contributed by atoms with E-state index in [4.69, 9.17) is 28.5 Å². The van der Waals surface area contributed by atoms with Crippen molar-refractivity contribution in [2.24, 2.45) is 0 Å². The quantitative estimate of drug-likeness (QED) is 0.498. The minimum atomic E-state index is -0.424. The summed E-state index contributed by atoms with van der Waals surface area (Å²) in [5.41, 5.74) is 0.150. The zero-order chi connectivity index (χ0) is 10.7. The van der Waals surface area contributed by atoms with Crippen LogP contribution in [-0.4, -0.2) is 22.0 Å². The van der Waals surface area contributed by atoms with Crippen molar-refractivity contribution in [3.05, 3.63) is 15.9 Å². The number of aromatic nitrogens is 2. The molecule has 1 rings (SSSR count). The van der Waals surface area contributed by atoms with E-state index in [1.54, 1.807) is 0 Å². The van der Waals surface area contributed by atoms with Crippen LogP contribution in [0, 0.1) is 11.3 Å². The molecule has 76 valence electrons. The molecule has 0 spiro atoms. The van der Waals surface area contributed by atoms with Crippen molar-refractivity contribution in [3.63, 3.8) is 0 Å². The van der Waals surface area contributed by atoms with Crippen LogP contribution < -0.4 is 0 Å². The van der Waals surface area contributed by atoms with Gasteiger partial charge in [-0.15, -0.1) is 0 Å². The van der Waals surface area contributed by atoms with Gasteiger partial charge in [0.05, 0.1) is 0 Å². The Balaban J connectivity index is 3.22. The van der Waals surface area contributed by atoms with Crippen molar-refractivity contribution in [2.75, 3.05) is 12.0 Å². The predicted molar refractivity (Wildman–Crippen MR) is 60.5 cm³/mol. The van der Waals surface area contributed by atoms with Gasteiger partial charge in [0.15, 0.2) is 15.5 Å². The molecular weight excluding hydrogens is 241 g/mol. The summed E-state index contributed by atoms with van der Waals surface area (Å²) in [6.07, 6.45) is 2.05. The molecule has 0 aromatic carbocycles. The second-order valence-corrected chi connectivity index (χ2v) is 5.75. The third-order valence-corrected chi connectivity index (χ3v) is 4.11. The van der Waals surface area contributed by atoms with Crippen LogP contribution in [0.1, 0.15) is 12.5 Å². The number of rotatable bonds is 2. The molecule has 0 aliphatic carbocycles. The smallest absolute Gasteiger partial charge is 0.170 e. The molecule has 0 bridgehead atoms. The van der Waals surface area contributed by atoms with Crippen LogP contribution in [0.5, 0.6) is 0 Å². The third-order valence-electron chi connectivity index (χ3n) is 1.74. The SMILES string of the molecule is CC[SH](C)c1nc(Cl)c(C#N)c(Cl)n1. The van der Waals surface area contributed by atoms with Gasteiger partial charge in [0.1, 0.15) is 11.6 Å². The molecule has 0 saturated heterocycles. The Kier molecular flexibility index (Phi) is 3.99. The van der Waals surface area contributed by atoms with E-state index in [2.05, 4.69) is 16.9 Å². The van der Waals surface area contributed by atoms with Crippen LogP contribution in [0.15, 0.2) is 5.16 Å². The fraction of sp³-hybridized carbons (Fsp3) is 0.375. The first-order valence-electron chi connectivity index (χ1n) is 3.94. The number of thiol groups is 1. The van der Waals surface area contributed by atoms with Gasteiger partial charge >= 0.3 is 0 Å². The van der Waals surface area contributed by atoms with E-state index in [0.717, 1.165) is 5.75 Å². The summed E-state index contributed by atoms with van der Waals surface area (Å²) in [7, 11) is -0.424. The molecule has 0 aliphatic rings. The van der Waals surface area contributed by atoms with Crippen LogP contribution >= 0.6 is 34.1 Å². The average Bonchev–Trinajstić information content (AvgIpc) is 2.16. The molecule has 0 saturated carbocycles. The molecule has 14 heavy (non-hydrogen) atoms. The Morgan fingerprint density at radius 3 is 2.21 bits per heavy atom. The molecule has 1 unspecified atom stereocenters. The van der Waals surface area contributed by atoms with E-state index in [-0.39, 0.29) is 15.9 Å². The summed E-state index contributed by atoms with van der Waals surface area (Å²) < 4.78 is 0. The van der Waals surface area contributed by atoms with Crippen LogP contribution in [0.2, 0.25) is 10.3 Å². The van der Waals surface area contributed by atoms with E-state index >= 15 is 0 Å². The Bertz CT molecular complexity index is 366. The Hall–Kier alpha value is -0.500. The van der Waals surface area contributed by atoms with E-state index in [0.29, 0.717) is 5.16 Å². The van der Waals surface area contributed by atoms with Crippen LogP contribution in [0.25, 0.3) is 0 Å². The molecule has 0 radical (unpaired) electrons. The van der Waals surface area contributed by atoms with Crippen LogP contribution in [0.4, 0.5) is 0 Å². The molecule has 0 amide bonds. The molecular formula is C8H9Cl2N3S. The first-order chi connectivity index (χ1) is 6.60. The number of nitrogens with zero attached hydrogens (tertiary/aromatic N) is 3. The van der Waals surface area contributed by atoms with Crippen LogP contribution in [-0.2, 0) is 0 Å².